The second-order valence-corrected chi connectivity index (χ2v) is 7.67. The van der Waals surface area contributed by atoms with Crippen molar-refractivity contribution < 1.29 is 9.47 Å². The van der Waals surface area contributed by atoms with Gasteiger partial charge in [-0.1, -0.05) is 68.8 Å². The van der Waals surface area contributed by atoms with Gasteiger partial charge >= 0.3 is 0 Å². The molecule has 2 aromatic carbocycles. The molecular formula is C26H32O2. The highest BCUT2D eigenvalue weighted by Gasteiger charge is 2.14. The van der Waals surface area contributed by atoms with Gasteiger partial charge in [0.1, 0.15) is 24.2 Å². The molecule has 0 heterocycles. The van der Waals surface area contributed by atoms with Gasteiger partial charge in [0, 0.05) is 6.42 Å². The van der Waals surface area contributed by atoms with Gasteiger partial charge in [-0.3, -0.25) is 0 Å². The van der Waals surface area contributed by atoms with E-state index in [0.29, 0.717) is 12.5 Å². The van der Waals surface area contributed by atoms with Gasteiger partial charge in [-0.05, 0) is 60.6 Å². The highest BCUT2D eigenvalue weighted by molar-refractivity contribution is 5.27. The quantitative estimate of drug-likeness (QED) is 0.525. The molecule has 0 bridgehead atoms. The molecule has 0 N–H and O–H groups in total. The molecule has 0 aromatic heterocycles. The van der Waals surface area contributed by atoms with Crippen LogP contribution in [0.2, 0.25) is 0 Å². The molecule has 0 saturated heterocycles. The van der Waals surface area contributed by atoms with Crippen LogP contribution in [-0.4, -0.2) is 6.10 Å². The Bertz CT molecular complexity index is 759. The van der Waals surface area contributed by atoms with Crippen LogP contribution in [0.4, 0.5) is 0 Å². The highest BCUT2D eigenvalue weighted by Crippen LogP contribution is 2.23. The van der Waals surface area contributed by atoms with Crippen LogP contribution in [0.3, 0.4) is 0 Å². The lowest BCUT2D eigenvalue weighted by atomic mass is 10.0. The standard InChI is InChI=1S/C26H32O2/c1-3-8-22-14-17-25(18-15-22)28-24-11-7-12-26(19-21(2)13-16-24)27-20-23-9-5-4-6-10-23/h4-7,9-10,12,14-15,17-19,21,24H,3,8,11,13,16,20H2,1-2H3/b12-7-,26-19+. The monoisotopic (exact) mass is 376 g/mol. The van der Waals surface area contributed by atoms with Crippen molar-refractivity contribution in [3.05, 3.63) is 89.7 Å². The molecule has 28 heavy (non-hydrogen) atoms. The zero-order chi connectivity index (χ0) is 19.6. The number of ether oxygens (including phenoxy) is 2. The molecular weight excluding hydrogens is 344 g/mol. The van der Waals surface area contributed by atoms with E-state index in [0.717, 1.165) is 37.2 Å². The maximum absolute atomic E-state index is 6.28. The maximum atomic E-state index is 6.28. The van der Waals surface area contributed by atoms with E-state index in [2.05, 4.69) is 68.5 Å². The molecule has 1 aliphatic rings. The smallest absolute Gasteiger partial charge is 0.119 e. The summed E-state index contributed by atoms with van der Waals surface area (Å²) < 4.78 is 12.3. The Morgan fingerprint density at radius 1 is 0.929 bits per heavy atom. The number of benzene rings is 2. The molecule has 2 unspecified atom stereocenters. The van der Waals surface area contributed by atoms with Gasteiger partial charge in [-0.2, -0.15) is 0 Å². The van der Waals surface area contributed by atoms with Crippen LogP contribution in [0, 0.1) is 5.92 Å². The first-order chi connectivity index (χ1) is 13.7. The molecule has 0 amide bonds. The zero-order valence-electron chi connectivity index (χ0n) is 17.1. The second-order valence-electron chi connectivity index (χ2n) is 7.67. The predicted octanol–water partition coefficient (Wildman–Crippen LogP) is 6.86. The average molecular weight is 377 g/mol. The highest BCUT2D eigenvalue weighted by atomic mass is 16.5. The predicted molar refractivity (Wildman–Crippen MR) is 116 cm³/mol. The van der Waals surface area contributed by atoms with Crippen molar-refractivity contribution in [3.8, 4) is 5.75 Å². The zero-order valence-corrected chi connectivity index (χ0v) is 17.1. The molecule has 2 heteroatoms. The van der Waals surface area contributed by atoms with E-state index in [1.54, 1.807) is 0 Å². The molecule has 0 aliphatic heterocycles. The molecule has 3 rings (SSSR count). The lowest BCUT2D eigenvalue weighted by Gasteiger charge is -2.19. The lowest BCUT2D eigenvalue weighted by Crippen LogP contribution is -2.16. The molecule has 0 saturated carbocycles. The lowest BCUT2D eigenvalue weighted by molar-refractivity contribution is 0.187. The average Bonchev–Trinajstić information content (AvgIpc) is 2.80. The fourth-order valence-electron chi connectivity index (χ4n) is 3.48. The Morgan fingerprint density at radius 2 is 1.71 bits per heavy atom. The minimum absolute atomic E-state index is 0.206. The summed E-state index contributed by atoms with van der Waals surface area (Å²) in [5.74, 6) is 2.39. The maximum Gasteiger partial charge on any atom is 0.119 e. The molecule has 0 spiro atoms. The fraction of sp³-hybridized carbons (Fsp3) is 0.385. The summed E-state index contributed by atoms with van der Waals surface area (Å²) in [5.41, 5.74) is 2.57. The minimum Gasteiger partial charge on any atom is -0.490 e. The first-order valence-electron chi connectivity index (χ1n) is 10.5. The Hall–Kier alpha value is -2.48. The summed E-state index contributed by atoms with van der Waals surface area (Å²) in [4.78, 5) is 0. The van der Waals surface area contributed by atoms with Crippen LogP contribution >= 0.6 is 0 Å². The van der Waals surface area contributed by atoms with E-state index >= 15 is 0 Å². The Balaban J connectivity index is 1.57. The van der Waals surface area contributed by atoms with Crippen LogP contribution in [0.1, 0.15) is 50.7 Å². The summed E-state index contributed by atoms with van der Waals surface area (Å²) in [7, 11) is 0. The van der Waals surface area contributed by atoms with Gasteiger partial charge in [0.25, 0.3) is 0 Å². The molecule has 2 nitrogen and oxygen atoms in total. The van der Waals surface area contributed by atoms with Gasteiger partial charge in [0.15, 0.2) is 0 Å². The van der Waals surface area contributed by atoms with Gasteiger partial charge in [-0.15, -0.1) is 0 Å². The summed E-state index contributed by atoms with van der Waals surface area (Å²) in [6.45, 7) is 5.07. The van der Waals surface area contributed by atoms with Gasteiger partial charge < -0.3 is 9.47 Å². The van der Waals surface area contributed by atoms with E-state index < -0.39 is 0 Å². The Morgan fingerprint density at radius 3 is 2.46 bits per heavy atom. The van der Waals surface area contributed by atoms with Crippen molar-refractivity contribution in [2.45, 2.75) is 58.7 Å². The van der Waals surface area contributed by atoms with Crippen molar-refractivity contribution in [3.63, 3.8) is 0 Å². The number of hydrogen-bond donors (Lipinski definition) is 0. The topological polar surface area (TPSA) is 18.5 Å². The molecule has 148 valence electrons. The largest absolute Gasteiger partial charge is 0.490 e. The third-order valence-electron chi connectivity index (χ3n) is 5.09. The molecule has 0 radical (unpaired) electrons. The van der Waals surface area contributed by atoms with Crippen molar-refractivity contribution in [1.29, 1.82) is 0 Å². The van der Waals surface area contributed by atoms with Crippen LogP contribution in [0.15, 0.2) is 78.6 Å². The number of rotatable bonds is 7. The van der Waals surface area contributed by atoms with Crippen LogP contribution < -0.4 is 4.74 Å². The van der Waals surface area contributed by atoms with Crippen molar-refractivity contribution in [2.24, 2.45) is 5.92 Å². The number of allylic oxidation sites excluding steroid dienone is 2. The van der Waals surface area contributed by atoms with E-state index in [9.17, 15) is 0 Å². The van der Waals surface area contributed by atoms with Crippen molar-refractivity contribution >= 4 is 0 Å². The van der Waals surface area contributed by atoms with E-state index in [4.69, 9.17) is 9.47 Å². The minimum atomic E-state index is 0.206. The summed E-state index contributed by atoms with van der Waals surface area (Å²) in [6, 6.07) is 18.9. The first-order valence-corrected chi connectivity index (χ1v) is 10.5. The third kappa shape index (κ3) is 6.60. The van der Waals surface area contributed by atoms with Gasteiger partial charge in [0.05, 0.1) is 0 Å². The Labute approximate surface area is 169 Å². The Kier molecular flexibility index (Phi) is 7.78. The SMILES string of the molecule is CCCc1ccc(OC2C/C=C\C(OCc3ccccc3)=C/C(C)CC2)cc1. The molecule has 2 atom stereocenters. The second kappa shape index (κ2) is 10.8. The number of hydrogen-bond acceptors (Lipinski definition) is 2. The van der Waals surface area contributed by atoms with E-state index in [-0.39, 0.29) is 6.10 Å². The molecule has 0 fully saturated rings. The summed E-state index contributed by atoms with van der Waals surface area (Å²) in [5, 5.41) is 0. The van der Waals surface area contributed by atoms with Gasteiger partial charge in [0.2, 0.25) is 0 Å². The van der Waals surface area contributed by atoms with Crippen molar-refractivity contribution in [1.82, 2.24) is 0 Å². The summed E-state index contributed by atoms with van der Waals surface area (Å²) in [6.07, 6.45) is 12.1. The fourth-order valence-corrected chi connectivity index (χ4v) is 3.48. The normalized spacial score (nSPS) is 22.9. The molecule has 2 aromatic rings. The van der Waals surface area contributed by atoms with Crippen molar-refractivity contribution in [2.75, 3.05) is 0 Å². The van der Waals surface area contributed by atoms with E-state index in [1.165, 1.54) is 17.5 Å². The molecule has 1 aliphatic carbocycles. The van der Waals surface area contributed by atoms with Crippen LogP contribution in [0.5, 0.6) is 5.75 Å². The van der Waals surface area contributed by atoms with Gasteiger partial charge in [-0.25, -0.2) is 0 Å². The number of aryl methyl sites for hydroxylation is 1. The van der Waals surface area contributed by atoms with Crippen LogP contribution in [0.25, 0.3) is 0 Å². The third-order valence-corrected chi connectivity index (χ3v) is 5.09. The van der Waals surface area contributed by atoms with Crippen LogP contribution in [-0.2, 0) is 17.8 Å². The summed E-state index contributed by atoms with van der Waals surface area (Å²) >= 11 is 0. The van der Waals surface area contributed by atoms with E-state index in [1.807, 2.05) is 18.2 Å². The first kappa shape index (κ1) is 20.3.